The summed E-state index contributed by atoms with van der Waals surface area (Å²) in [7, 11) is 0. The lowest BCUT2D eigenvalue weighted by molar-refractivity contribution is 1.08. The van der Waals surface area contributed by atoms with Crippen molar-refractivity contribution < 1.29 is 0 Å². The SMILES string of the molecule is c1ccc(-c2ccccc2-c2nc(-c3cccc(-c4cccnc4)c3)nc(-c3cc4ccc5cccc6c7cccc8ccc9cccc(c(c3)c4c56)c9c87)n2)cc1. The molecule has 12 aromatic rings. The van der Waals surface area contributed by atoms with Gasteiger partial charge in [-0.3, -0.25) is 4.98 Å². The molecule has 0 unspecified atom stereocenters. The zero-order valence-corrected chi connectivity index (χ0v) is 31.3. The summed E-state index contributed by atoms with van der Waals surface area (Å²) in [4.78, 5) is 20.3. The second-order valence-corrected chi connectivity index (χ2v) is 15.0. The highest BCUT2D eigenvalue weighted by Gasteiger charge is 2.20. The Morgan fingerprint density at radius 1 is 0.276 bits per heavy atom. The first kappa shape index (κ1) is 32.4. The van der Waals surface area contributed by atoms with Gasteiger partial charge in [-0.25, -0.2) is 15.0 Å². The molecule has 12 rings (SSSR count). The van der Waals surface area contributed by atoms with E-state index in [-0.39, 0.29) is 0 Å². The third kappa shape index (κ3) is 5.09. The van der Waals surface area contributed by atoms with E-state index in [1.807, 2.05) is 18.3 Å². The van der Waals surface area contributed by atoms with Crippen LogP contribution in [0.2, 0.25) is 0 Å². The van der Waals surface area contributed by atoms with Gasteiger partial charge in [-0.1, -0.05) is 158 Å². The number of rotatable bonds is 5. The van der Waals surface area contributed by atoms with Gasteiger partial charge in [0, 0.05) is 34.6 Å². The molecule has 4 heteroatoms. The van der Waals surface area contributed by atoms with Crippen LogP contribution in [-0.4, -0.2) is 19.9 Å². The lowest BCUT2D eigenvalue weighted by Crippen LogP contribution is -2.01. The highest BCUT2D eigenvalue weighted by Crippen LogP contribution is 2.44. The van der Waals surface area contributed by atoms with Crippen molar-refractivity contribution in [2.75, 3.05) is 0 Å². The van der Waals surface area contributed by atoms with Gasteiger partial charge in [-0.2, -0.15) is 0 Å². The summed E-state index contributed by atoms with van der Waals surface area (Å²) >= 11 is 0. The lowest BCUT2D eigenvalue weighted by Gasteiger charge is -2.17. The minimum Gasteiger partial charge on any atom is -0.264 e. The first-order valence-corrected chi connectivity index (χ1v) is 19.6. The number of hydrogen-bond acceptors (Lipinski definition) is 4. The zero-order chi connectivity index (χ0) is 38.2. The van der Waals surface area contributed by atoms with Crippen LogP contribution in [0.4, 0.5) is 0 Å². The highest BCUT2D eigenvalue weighted by atomic mass is 15.0. The number of fused-ring (bicyclic) bond motifs is 2. The van der Waals surface area contributed by atoms with Crippen LogP contribution >= 0.6 is 0 Å². The van der Waals surface area contributed by atoms with Gasteiger partial charge in [0.25, 0.3) is 0 Å². The first-order valence-electron chi connectivity index (χ1n) is 19.6. The molecule has 0 aliphatic rings. The Morgan fingerprint density at radius 2 is 0.793 bits per heavy atom. The molecule has 0 N–H and O–H groups in total. The van der Waals surface area contributed by atoms with Crippen LogP contribution in [-0.2, 0) is 0 Å². The molecule has 0 aliphatic carbocycles. The van der Waals surface area contributed by atoms with Crippen molar-refractivity contribution in [3.63, 3.8) is 0 Å². The van der Waals surface area contributed by atoms with Gasteiger partial charge in [0.2, 0.25) is 0 Å². The Bertz CT molecular complexity index is 3550. The Morgan fingerprint density at radius 3 is 1.47 bits per heavy atom. The minimum atomic E-state index is 0.609. The molecule has 0 radical (unpaired) electrons. The molecule has 0 aliphatic heterocycles. The van der Waals surface area contributed by atoms with Gasteiger partial charge in [0.15, 0.2) is 17.5 Å². The monoisotopic (exact) mass is 736 g/mol. The van der Waals surface area contributed by atoms with Gasteiger partial charge in [-0.15, -0.1) is 0 Å². The van der Waals surface area contributed by atoms with Crippen molar-refractivity contribution in [1.29, 1.82) is 0 Å². The van der Waals surface area contributed by atoms with E-state index in [0.29, 0.717) is 17.5 Å². The van der Waals surface area contributed by atoms with Crippen LogP contribution in [0.1, 0.15) is 0 Å². The number of hydrogen-bond donors (Lipinski definition) is 0. The smallest absolute Gasteiger partial charge is 0.164 e. The fourth-order valence-electron chi connectivity index (χ4n) is 9.09. The Labute approximate surface area is 334 Å². The van der Waals surface area contributed by atoms with Crippen molar-refractivity contribution in [2.45, 2.75) is 0 Å². The Hall–Kier alpha value is -7.82. The second kappa shape index (κ2) is 12.9. The number of aromatic nitrogens is 4. The van der Waals surface area contributed by atoms with E-state index in [1.165, 1.54) is 59.2 Å². The average Bonchev–Trinajstić information content (AvgIpc) is 3.30. The van der Waals surface area contributed by atoms with Crippen molar-refractivity contribution >= 4 is 64.6 Å². The molecular weight excluding hydrogens is 705 g/mol. The van der Waals surface area contributed by atoms with Gasteiger partial charge in [0.05, 0.1) is 0 Å². The topological polar surface area (TPSA) is 51.6 Å². The first-order chi connectivity index (χ1) is 28.7. The fraction of sp³-hybridized carbons (Fsp3) is 0. The predicted octanol–water partition coefficient (Wildman–Crippen LogP) is 14.0. The number of pyridine rings is 1. The third-order valence-corrected chi connectivity index (χ3v) is 11.7. The van der Waals surface area contributed by atoms with Crippen molar-refractivity contribution in [3.8, 4) is 56.4 Å². The fourth-order valence-corrected chi connectivity index (χ4v) is 9.09. The molecule has 268 valence electrons. The number of nitrogens with zero attached hydrogens (tertiary/aromatic N) is 4. The van der Waals surface area contributed by atoms with Crippen LogP contribution in [0.15, 0.2) is 194 Å². The van der Waals surface area contributed by atoms with E-state index >= 15 is 0 Å². The molecule has 0 fully saturated rings. The summed E-state index contributed by atoms with van der Waals surface area (Å²) in [5.41, 5.74) is 7.03. The van der Waals surface area contributed by atoms with Crippen molar-refractivity contribution in [2.24, 2.45) is 0 Å². The molecule has 0 atom stereocenters. The van der Waals surface area contributed by atoms with Gasteiger partial charge in [0.1, 0.15) is 0 Å². The molecule has 10 aromatic carbocycles. The summed E-state index contributed by atoms with van der Waals surface area (Å²) in [6, 6.07) is 65.0. The predicted molar refractivity (Wildman–Crippen MR) is 241 cm³/mol. The third-order valence-electron chi connectivity index (χ3n) is 11.7. The molecule has 2 aromatic heterocycles. The molecule has 0 spiro atoms. The summed E-state index contributed by atoms with van der Waals surface area (Å²) in [5, 5.41) is 14.8. The van der Waals surface area contributed by atoms with Crippen LogP contribution in [0.25, 0.3) is 121 Å². The molecule has 0 saturated carbocycles. The Balaban J connectivity index is 1.19. The molecule has 2 heterocycles. The van der Waals surface area contributed by atoms with E-state index in [1.54, 1.807) is 6.20 Å². The number of benzene rings is 9. The van der Waals surface area contributed by atoms with Gasteiger partial charge >= 0.3 is 0 Å². The minimum absolute atomic E-state index is 0.609. The average molecular weight is 737 g/mol. The van der Waals surface area contributed by atoms with Crippen LogP contribution in [0, 0.1) is 0 Å². The van der Waals surface area contributed by atoms with E-state index in [4.69, 9.17) is 15.0 Å². The maximum atomic E-state index is 5.36. The van der Waals surface area contributed by atoms with Crippen LogP contribution < -0.4 is 0 Å². The summed E-state index contributed by atoms with van der Waals surface area (Å²) in [5.74, 6) is 1.85. The summed E-state index contributed by atoms with van der Waals surface area (Å²) in [6.07, 6.45) is 3.69. The maximum absolute atomic E-state index is 5.36. The van der Waals surface area contributed by atoms with E-state index in [9.17, 15) is 0 Å². The second-order valence-electron chi connectivity index (χ2n) is 15.0. The lowest BCUT2D eigenvalue weighted by atomic mass is 9.87. The quantitative estimate of drug-likeness (QED) is 0.165. The molecule has 0 amide bonds. The molecule has 4 nitrogen and oxygen atoms in total. The molecule has 58 heavy (non-hydrogen) atoms. The summed E-state index contributed by atoms with van der Waals surface area (Å²) in [6.45, 7) is 0. The standard InChI is InChI=1S/C54H32N4/c1-2-11-33(12-3-1)42-19-4-5-20-46(42)54-57-52(39-17-6-16-37(29-39)40-18-10-28-55-32-40)56-53(58-54)41-30-38-27-26-36-14-8-22-44-43-21-7-13-34-24-25-35-15-9-23-45(50(35)48(34)43)47(31-41)51(38)49(36)44/h1-32H. The highest BCUT2D eigenvalue weighted by molar-refractivity contribution is 6.37. The van der Waals surface area contributed by atoms with Crippen molar-refractivity contribution in [1.82, 2.24) is 19.9 Å². The van der Waals surface area contributed by atoms with E-state index < -0.39 is 0 Å². The van der Waals surface area contributed by atoms with E-state index in [2.05, 4.69) is 175 Å². The van der Waals surface area contributed by atoms with Crippen LogP contribution in [0.5, 0.6) is 0 Å². The molecule has 0 bridgehead atoms. The van der Waals surface area contributed by atoms with Gasteiger partial charge in [-0.05, 0) is 106 Å². The normalized spacial score (nSPS) is 11.8. The van der Waals surface area contributed by atoms with Gasteiger partial charge < -0.3 is 0 Å². The largest absolute Gasteiger partial charge is 0.264 e. The maximum Gasteiger partial charge on any atom is 0.164 e. The molecule has 0 saturated heterocycles. The molecular formula is C54H32N4. The zero-order valence-electron chi connectivity index (χ0n) is 31.3. The summed E-state index contributed by atoms with van der Waals surface area (Å²) < 4.78 is 0. The van der Waals surface area contributed by atoms with E-state index in [0.717, 1.165) is 44.3 Å². The van der Waals surface area contributed by atoms with Crippen LogP contribution in [0.3, 0.4) is 0 Å². The van der Waals surface area contributed by atoms with Crippen molar-refractivity contribution in [3.05, 3.63) is 194 Å². The Kier molecular flexibility index (Phi) is 7.20.